The lowest BCUT2D eigenvalue weighted by atomic mass is 10.2. The summed E-state index contributed by atoms with van der Waals surface area (Å²) in [6.07, 6.45) is 1.46. The molecule has 1 saturated heterocycles. The van der Waals surface area contributed by atoms with Crippen LogP contribution in [0.25, 0.3) is 0 Å². The lowest BCUT2D eigenvalue weighted by Crippen LogP contribution is -2.23. The van der Waals surface area contributed by atoms with E-state index in [1.807, 2.05) is 12.1 Å². The van der Waals surface area contributed by atoms with Crippen LogP contribution in [0.3, 0.4) is 0 Å². The largest absolute Gasteiger partial charge is 0.493 e. The number of nitrogens with zero attached hydrogens (tertiary/aromatic N) is 1. The summed E-state index contributed by atoms with van der Waals surface area (Å²) < 4.78 is 16.1. The van der Waals surface area contributed by atoms with Crippen LogP contribution in [0, 0.1) is 0 Å². The van der Waals surface area contributed by atoms with Gasteiger partial charge in [-0.25, -0.2) is 0 Å². The maximum atomic E-state index is 12.2. The summed E-state index contributed by atoms with van der Waals surface area (Å²) in [4.78, 5) is 25.7. The van der Waals surface area contributed by atoms with E-state index >= 15 is 0 Å². The van der Waals surface area contributed by atoms with Crippen LogP contribution < -0.4 is 24.4 Å². The molecule has 7 nitrogen and oxygen atoms in total. The zero-order valence-electron chi connectivity index (χ0n) is 15.4. The third kappa shape index (κ3) is 4.31. The summed E-state index contributed by atoms with van der Waals surface area (Å²) in [5.74, 6) is 1.17. The van der Waals surface area contributed by atoms with Crippen molar-refractivity contribution in [1.29, 1.82) is 0 Å². The molecule has 1 aliphatic heterocycles. The van der Waals surface area contributed by atoms with Gasteiger partial charge in [-0.15, -0.1) is 0 Å². The average Bonchev–Trinajstić information content (AvgIpc) is 3.12. The summed E-state index contributed by atoms with van der Waals surface area (Å²) in [6, 6.07) is 12.4. The van der Waals surface area contributed by atoms with Crippen molar-refractivity contribution in [2.45, 2.75) is 12.8 Å². The lowest BCUT2D eigenvalue weighted by Gasteiger charge is -2.16. The maximum Gasteiger partial charge on any atom is 0.262 e. The number of rotatable bonds is 7. The number of hydrogen-bond donors (Lipinski definition) is 1. The molecule has 1 aliphatic rings. The van der Waals surface area contributed by atoms with Crippen LogP contribution in [0.4, 0.5) is 11.4 Å². The number of ether oxygens (including phenoxy) is 3. The molecular formula is C20H22N2O5. The molecule has 1 heterocycles. The molecule has 0 aliphatic carbocycles. The molecule has 3 rings (SSSR count). The number of amides is 2. The fourth-order valence-corrected chi connectivity index (χ4v) is 2.94. The van der Waals surface area contributed by atoms with Gasteiger partial charge in [-0.05, 0) is 42.8 Å². The quantitative estimate of drug-likeness (QED) is 0.811. The van der Waals surface area contributed by atoms with E-state index < -0.39 is 0 Å². The predicted molar refractivity (Wildman–Crippen MR) is 102 cm³/mol. The molecule has 2 aromatic carbocycles. The van der Waals surface area contributed by atoms with Gasteiger partial charge < -0.3 is 24.4 Å². The molecule has 0 bridgehead atoms. The van der Waals surface area contributed by atoms with Crippen LogP contribution in [0.15, 0.2) is 42.5 Å². The topological polar surface area (TPSA) is 77.1 Å². The number of carbonyl (C=O) groups is 2. The minimum atomic E-state index is -0.312. The van der Waals surface area contributed by atoms with Crippen LogP contribution in [0.1, 0.15) is 12.8 Å². The van der Waals surface area contributed by atoms with Gasteiger partial charge in [-0.2, -0.15) is 0 Å². The summed E-state index contributed by atoms with van der Waals surface area (Å²) in [5.41, 5.74) is 1.47. The Morgan fingerprint density at radius 3 is 2.30 bits per heavy atom. The van der Waals surface area contributed by atoms with Gasteiger partial charge in [-0.3, -0.25) is 9.59 Å². The monoisotopic (exact) mass is 370 g/mol. The van der Waals surface area contributed by atoms with Gasteiger partial charge in [0.15, 0.2) is 18.1 Å². The Hall–Kier alpha value is -3.22. The molecule has 2 aromatic rings. The minimum Gasteiger partial charge on any atom is -0.493 e. The molecule has 0 saturated carbocycles. The third-order valence-corrected chi connectivity index (χ3v) is 4.27. The average molecular weight is 370 g/mol. The standard InChI is InChI=1S/C20H22N2O5/c1-25-16-5-3-6-17(26-2)20(16)27-13-18(23)21-14-8-10-15(11-9-14)22-12-4-7-19(22)24/h3,5-6,8-11H,4,7,12-13H2,1-2H3,(H,21,23). The van der Waals surface area contributed by atoms with E-state index in [2.05, 4.69) is 5.32 Å². The Morgan fingerprint density at radius 1 is 1.07 bits per heavy atom. The van der Waals surface area contributed by atoms with E-state index in [9.17, 15) is 9.59 Å². The molecule has 0 unspecified atom stereocenters. The second-order valence-electron chi connectivity index (χ2n) is 6.02. The van der Waals surface area contributed by atoms with Gasteiger partial charge in [-0.1, -0.05) is 6.07 Å². The van der Waals surface area contributed by atoms with Gasteiger partial charge in [0.25, 0.3) is 5.91 Å². The van der Waals surface area contributed by atoms with Gasteiger partial charge in [0.1, 0.15) is 0 Å². The van der Waals surface area contributed by atoms with Gasteiger partial charge in [0.05, 0.1) is 14.2 Å². The number of benzene rings is 2. The van der Waals surface area contributed by atoms with Crippen molar-refractivity contribution < 1.29 is 23.8 Å². The molecule has 1 fully saturated rings. The maximum absolute atomic E-state index is 12.2. The van der Waals surface area contributed by atoms with Crippen molar-refractivity contribution in [3.05, 3.63) is 42.5 Å². The SMILES string of the molecule is COc1cccc(OC)c1OCC(=O)Nc1ccc(N2CCCC2=O)cc1. The number of nitrogens with one attached hydrogen (secondary N) is 1. The van der Waals surface area contributed by atoms with Crippen LogP contribution >= 0.6 is 0 Å². The van der Waals surface area contributed by atoms with E-state index in [4.69, 9.17) is 14.2 Å². The molecular weight excluding hydrogens is 348 g/mol. The van der Waals surface area contributed by atoms with E-state index in [0.717, 1.165) is 18.7 Å². The predicted octanol–water partition coefficient (Wildman–Crippen LogP) is 2.85. The molecule has 142 valence electrons. The zero-order valence-corrected chi connectivity index (χ0v) is 15.4. The summed E-state index contributed by atoms with van der Waals surface area (Å²) in [6.45, 7) is 0.544. The highest BCUT2D eigenvalue weighted by molar-refractivity contribution is 5.96. The van der Waals surface area contributed by atoms with Crippen molar-refractivity contribution >= 4 is 23.2 Å². The second kappa shape index (κ2) is 8.44. The third-order valence-electron chi connectivity index (χ3n) is 4.27. The zero-order chi connectivity index (χ0) is 19.2. The minimum absolute atomic E-state index is 0.131. The van der Waals surface area contributed by atoms with Crippen LogP contribution in [-0.2, 0) is 9.59 Å². The van der Waals surface area contributed by atoms with Gasteiger partial charge in [0, 0.05) is 24.3 Å². The first-order chi connectivity index (χ1) is 13.1. The number of methoxy groups -OCH3 is 2. The van der Waals surface area contributed by atoms with E-state index in [0.29, 0.717) is 29.4 Å². The first kappa shape index (κ1) is 18.6. The lowest BCUT2D eigenvalue weighted by molar-refractivity contribution is -0.118. The Balaban J connectivity index is 1.59. The number of para-hydroxylation sites is 1. The Morgan fingerprint density at radius 2 is 1.74 bits per heavy atom. The van der Waals surface area contributed by atoms with Crippen LogP contribution in [0.5, 0.6) is 17.2 Å². The Labute approximate surface area is 157 Å². The molecule has 0 radical (unpaired) electrons. The summed E-state index contributed by atoms with van der Waals surface area (Å²) >= 11 is 0. The highest BCUT2D eigenvalue weighted by atomic mass is 16.5. The molecule has 0 spiro atoms. The molecule has 27 heavy (non-hydrogen) atoms. The fraction of sp³-hybridized carbons (Fsp3) is 0.300. The van der Waals surface area contributed by atoms with Crippen molar-refractivity contribution in [3.63, 3.8) is 0 Å². The Kier molecular flexibility index (Phi) is 5.80. The highest BCUT2D eigenvalue weighted by Crippen LogP contribution is 2.36. The number of anilines is 2. The second-order valence-corrected chi connectivity index (χ2v) is 6.02. The normalized spacial score (nSPS) is 13.4. The summed E-state index contributed by atoms with van der Waals surface area (Å²) in [7, 11) is 3.04. The summed E-state index contributed by atoms with van der Waals surface area (Å²) in [5, 5.41) is 2.77. The van der Waals surface area contributed by atoms with Crippen LogP contribution in [-0.4, -0.2) is 39.2 Å². The first-order valence-corrected chi connectivity index (χ1v) is 8.66. The van der Waals surface area contributed by atoms with Crippen molar-refractivity contribution in [1.82, 2.24) is 0 Å². The van der Waals surface area contributed by atoms with Gasteiger partial charge >= 0.3 is 0 Å². The molecule has 0 aromatic heterocycles. The molecule has 1 N–H and O–H groups in total. The Bertz CT molecular complexity index is 797. The fourth-order valence-electron chi connectivity index (χ4n) is 2.94. The first-order valence-electron chi connectivity index (χ1n) is 8.66. The molecule has 7 heteroatoms. The van der Waals surface area contributed by atoms with E-state index in [-0.39, 0.29) is 18.4 Å². The number of carbonyl (C=O) groups excluding carboxylic acids is 2. The van der Waals surface area contributed by atoms with E-state index in [1.165, 1.54) is 14.2 Å². The smallest absolute Gasteiger partial charge is 0.262 e. The highest BCUT2D eigenvalue weighted by Gasteiger charge is 2.21. The van der Waals surface area contributed by atoms with Crippen LogP contribution in [0.2, 0.25) is 0 Å². The molecule has 0 atom stereocenters. The number of hydrogen-bond acceptors (Lipinski definition) is 5. The van der Waals surface area contributed by atoms with E-state index in [1.54, 1.807) is 35.2 Å². The van der Waals surface area contributed by atoms with Gasteiger partial charge in [0.2, 0.25) is 11.7 Å². The van der Waals surface area contributed by atoms with Crippen molar-refractivity contribution in [3.8, 4) is 17.2 Å². The van der Waals surface area contributed by atoms with Crippen molar-refractivity contribution in [2.75, 3.05) is 37.6 Å². The molecule has 2 amide bonds. The van der Waals surface area contributed by atoms with Crippen molar-refractivity contribution in [2.24, 2.45) is 0 Å².